The Labute approximate surface area is 176 Å². The number of carboxylic acid groups (broad SMARTS) is 1. The second-order valence-electron chi connectivity index (χ2n) is 6.93. The van der Waals surface area contributed by atoms with Crippen molar-refractivity contribution in [1.29, 1.82) is 0 Å². The number of phenols is 1. The van der Waals surface area contributed by atoms with Crippen LogP contribution in [0.4, 0.5) is 4.39 Å². The topological polar surface area (TPSA) is 124 Å². The van der Waals surface area contributed by atoms with Gasteiger partial charge < -0.3 is 25.0 Å². The molecule has 1 aliphatic heterocycles. The van der Waals surface area contributed by atoms with E-state index in [1.54, 1.807) is 0 Å². The minimum Gasteiger partial charge on any atom is -0.507 e. The molecule has 0 spiro atoms. The summed E-state index contributed by atoms with van der Waals surface area (Å²) in [4.78, 5) is 37.6. The number of aromatic hydroxyl groups is 1. The second kappa shape index (κ2) is 8.86. The standard InChI is InChI=1S/C22H20FNO7/c1-31-16-11-13(6-9-15(16)25)19-18(20(28)12-4-7-14(23)8-5-12)21(29)22(30)24(19)10-2-3-17(26)27/h4-9,11,19,25,28H,2-3,10H2,1H3,(H,26,27). The zero-order chi connectivity index (χ0) is 22.7. The van der Waals surface area contributed by atoms with Crippen molar-refractivity contribution >= 4 is 23.4 Å². The van der Waals surface area contributed by atoms with Crippen molar-refractivity contribution in [2.75, 3.05) is 13.7 Å². The highest BCUT2D eigenvalue weighted by atomic mass is 19.1. The number of Topliss-reactive ketones (excluding diaryl/α,β-unsaturated/α-hetero) is 1. The van der Waals surface area contributed by atoms with Gasteiger partial charge in [-0.2, -0.15) is 0 Å². The van der Waals surface area contributed by atoms with E-state index in [-0.39, 0.29) is 42.0 Å². The maximum atomic E-state index is 13.3. The average Bonchev–Trinajstić information content (AvgIpc) is 2.99. The molecule has 0 radical (unpaired) electrons. The first-order chi connectivity index (χ1) is 14.7. The Hall–Kier alpha value is -3.88. The quantitative estimate of drug-likeness (QED) is 0.351. The molecule has 0 bridgehead atoms. The minimum absolute atomic E-state index is 0.0507. The number of ketones is 1. The van der Waals surface area contributed by atoms with Crippen LogP contribution >= 0.6 is 0 Å². The molecule has 0 aromatic heterocycles. The van der Waals surface area contributed by atoms with E-state index in [4.69, 9.17) is 9.84 Å². The number of carbonyl (C=O) groups excluding carboxylic acids is 2. The molecule has 31 heavy (non-hydrogen) atoms. The van der Waals surface area contributed by atoms with Crippen LogP contribution in [-0.2, 0) is 14.4 Å². The molecule has 0 aliphatic carbocycles. The van der Waals surface area contributed by atoms with Crippen LogP contribution in [0.25, 0.3) is 5.76 Å². The number of nitrogens with zero attached hydrogens (tertiary/aromatic N) is 1. The summed E-state index contributed by atoms with van der Waals surface area (Å²) in [7, 11) is 1.33. The van der Waals surface area contributed by atoms with Crippen LogP contribution in [0.3, 0.4) is 0 Å². The molecule has 1 saturated heterocycles. The van der Waals surface area contributed by atoms with E-state index >= 15 is 0 Å². The number of aliphatic carboxylic acids is 1. The van der Waals surface area contributed by atoms with E-state index in [0.717, 1.165) is 12.1 Å². The predicted molar refractivity (Wildman–Crippen MR) is 107 cm³/mol. The van der Waals surface area contributed by atoms with Gasteiger partial charge in [-0.15, -0.1) is 0 Å². The summed E-state index contributed by atoms with van der Waals surface area (Å²) >= 11 is 0. The molecule has 8 nitrogen and oxygen atoms in total. The number of halogens is 1. The van der Waals surface area contributed by atoms with E-state index in [2.05, 4.69) is 0 Å². The number of carboxylic acids is 1. The second-order valence-corrected chi connectivity index (χ2v) is 6.93. The number of carbonyl (C=O) groups is 3. The smallest absolute Gasteiger partial charge is 0.303 e. The van der Waals surface area contributed by atoms with Crippen molar-refractivity contribution in [3.8, 4) is 11.5 Å². The molecule has 1 unspecified atom stereocenters. The number of aliphatic hydroxyl groups excluding tert-OH is 1. The lowest BCUT2D eigenvalue weighted by atomic mass is 9.95. The van der Waals surface area contributed by atoms with Crippen LogP contribution in [-0.4, -0.2) is 51.5 Å². The molecule has 1 fully saturated rings. The molecular weight excluding hydrogens is 409 g/mol. The summed E-state index contributed by atoms with van der Waals surface area (Å²) < 4.78 is 18.4. The molecule has 0 saturated carbocycles. The highest BCUT2D eigenvalue weighted by Crippen LogP contribution is 2.41. The summed E-state index contributed by atoms with van der Waals surface area (Å²) in [5.74, 6) is -3.99. The fraction of sp³-hybridized carbons (Fsp3) is 0.227. The predicted octanol–water partition coefficient (Wildman–Crippen LogP) is 2.83. The van der Waals surface area contributed by atoms with Gasteiger partial charge in [-0.05, 0) is 48.4 Å². The zero-order valence-electron chi connectivity index (χ0n) is 16.5. The zero-order valence-corrected chi connectivity index (χ0v) is 16.5. The molecule has 9 heteroatoms. The van der Waals surface area contributed by atoms with E-state index in [1.165, 1.54) is 42.3 Å². The van der Waals surface area contributed by atoms with Gasteiger partial charge in [0.25, 0.3) is 11.7 Å². The number of rotatable bonds is 7. The Morgan fingerprint density at radius 1 is 1.13 bits per heavy atom. The van der Waals surface area contributed by atoms with Gasteiger partial charge in [0.05, 0.1) is 18.7 Å². The van der Waals surface area contributed by atoms with Crippen LogP contribution < -0.4 is 4.74 Å². The van der Waals surface area contributed by atoms with Crippen LogP contribution in [0, 0.1) is 5.82 Å². The number of methoxy groups -OCH3 is 1. The highest BCUT2D eigenvalue weighted by Gasteiger charge is 2.46. The summed E-state index contributed by atoms with van der Waals surface area (Å²) in [5, 5.41) is 29.6. The molecular formula is C22H20FNO7. The van der Waals surface area contributed by atoms with Gasteiger partial charge >= 0.3 is 5.97 Å². The first kappa shape index (κ1) is 21.8. The molecule has 2 aromatic carbocycles. The molecule has 3 N–H and O–H groups in total. The van der Waals surface area contributed by atoms with Gasteiger partial charge in [-0.25, -0.2) is 4.39 Å². The average molecular weight is 429 g/mol. The third-order valence-electron chi connectivity index (χ3n) is 4.97. The number of hydrogen-bond acceptors (Lipinski definition) is 6. The number of amides is 1. The maximum absolute atomic E-state index is 13.3. The SMILES string of the molecule is COc1cc(C2C(=C(O)c3ccc(F)cc3)C(=O)C(=O)N2CCCC(=O)O)ccc1O. The largest absolute Gasteiger partial charge is 0.507 e. The Bertz CT molecular complexity index is 1060. The van der Waals surface area contributed by atoms with Gasteiger partial charge in [0.2, 0.25) is 0 Å². The molecule has 1 atom stereocenters. The highest BCUT2D eigenvalue weighted by molar-refractivity contribution is 6.46. The fourth-order valence-corrected chi connectivity index (χ4v) is 3.49. The number of hydrogen-bond donors (Lipinski definition) is 3. The van der Waals surface area contributed by atoms with E-state index in [0.29, 0.717) is 5.56 Å². The number of ether oxygens (including phenoxy) is 1. The van der Waals surface area contributed by atoms with E-state index < -0.39 is 35.3 Å². The number of likely N-dealkylation sites (tertiary alicyclic amines) is 1. The Morgan fingerprint density at radius 2 is 1.81 bits per heavy atom. The fourth-order valence-electron chi connectivity index (χ4n) is 3.49. The van der Waals surface area contributed by atoms with Crippen LogP contribution in [0.1, 0.15) is 30.0 Å². The minimum atomic E-state index is -1.05. The van der Waals surface area contributed by atoms with Crippen molar-refractivity contribution in [2.45, 2.75) is 18.9 Å². The van der Waals surface area contributed by atoms with E-state index in [9.17, 15) is 29.0 Å². The van der Waals surface area contributed by atoms with E-state index in [1.807, 2.05) is 0 Å². The molecule has 1 aliphatic rings. The maximum Gasteiger partial charge on any atom is 0.303 e. The lowest BCUT2D eigenvalue weighted by Gasteiger charge is -2.25. The van der Waals surface area contributed by atoms with Crippen molar-refractivity contribution in [3.63, 3.8) is 0 Å². The van der Waals surface area contributed by atoms with Crippen LogP contribution in [0.2, 0.25) is 0 Å². The third kappa shape index (κ3) is 4.35. The van der Waals surface area contributed by atoms with Crippen molar-refractivity contribution in [3.05, 3.63) is 65.0 Å². The Balaban J connectivity index is 2.14. The lowest BCUT2D eigenvalue weighted by molar-refractivity contribution is -0.140. The third-order valence-corrected chi connectivity index (χ3v) is 4.97. The van der Waals surface area contributed by atoms with Crippen molar-refractivity contribution < 1.29 is 38.8 Å². The molecule has 3 rings (SSSR count). The summed E-state index contributed by atoms with van der Waals surface area (Å²) in [5.41, 5.74) is 0.285. The Morgan fingerprint density at radius 3 is 2.42 bits per heavy atom. The van der Waals surface area contributed by atoms with Crippen molar-refractivity contribution in [2.24, 2.45) is 0 Å². The first-order valence-electron chi connectivity index (χ1n) is 9.37. The normalized spacial score (nSPS) is 17.7. The van der Waals surface area contributed by atoms with Crippen molar-refractivity contribution in [1.82, 2.24) is 4.90 Å². The van der Waals surface area contributed by atoms with Gasteiger partial charge in [-0.3, -0.25) is 14.4 Å². The number of aliphatic hydroxyl groups is 1. The van der Waals surface area contributed by atoms with Gasteiger partial charge in [0, 0.05) is 18.5 Å². The molecule has 1 heterocycles. The molecule has 2 aromatic rings. The lowest BCUT2D eigenvalue weighted by Crippen LogP contribution is -2.31. The van der Waals surface area contributed by atoms with Gasteiger partial charge in [0.1, 0.15) is 11.6 Å². The van der Waals surface area contributed by atoms with Gasteiger partial charge in [-0.1, -0.05) is 6.07 Å². The van der Waals surface area contributed by atoms with Gasteiger partial charge in [0.15, 0.2) is 11.5 Å². The monoisotopic (exact) mass is 429 g/mol. The Kier molecular flexibility index (Phi) is 6.24. The van der Waals surface area contributed by atoms with Crippen LogP contribution in [0.5, 0.6) is 11.5 Å². The first-order valence-corrected chi connectivity index (χ1v) is 9.37. The molecule has 162 valence electrons. The summed E-state index contributed by atoms with van der Waals surface area (Å²) in [6.45, 7) is -0.0507. The van der Waals surface area contributed by atoms with Crippen LogP contribution in [0.15, 0.2) is 48.0 Å². The summed E-state index contributed by atoms with van der Waals surface area (Å²) in [6.07, 6.45) is -0.128. The number of benzene rings is 2. The molecule has 1 amide bonds. The summed E-state index contributed by atoms with van der Waals surface area (Å²) in [6, 6.07) is 7.93. The number of phenolic OH excluding ortho intramolecular Hbond substituents is 1.